The molecule has 0 bridgehead atoms. The second-order valence-corrected chi connectivity index (χ2v) is 3.97. The highest BCUT2D eigenvalue weighted by atomic mass is 16.6. The smallest absolute Gasteiger partial charge is 0.148 e. The van der Waals surface area contributed by atoms with E-state index in [9.17, 15) is 4.79 Å². The first-order valence-corrected chi connectivity index (χ1v) is 5.13. The van der Waals surface area contributed by atoms with Crippen molar-refractivity contribution in [2.24, 2.45) is 0 Å². The predicted molar refractivity (Wildman–Crippen MR) is 49.2 cm³/mol. The Bertz CT molecular complexity index is 196. The molecule has 0 aliphatic carbocycles. The lowest BCUT2D eigenvalue weighted by atomic mass is 9.93. The molecule has 4 heteroatoms. The molecule has 2 saturated heterocycles. The SMILES string of the molecule is O=CC1CCCC2(COCCOC2)O1. The average Bonchev–Trinajstić information content (AvgIpc) is 2.44. The fourth-order valence-corrected chi connectivity index (χ4v) is 2.05. The Labute approximate surface area is 83.5 Å². The first-order valence-electron chi connectivity index (χ1n) is 5.13. The first kappa shape index (κ1) is 10.1. The molecule has 2 aliphatic rings. The van der Waals surface area contributed by atoms with E-state index < -0.39 is 0 Å². The molecule has 0 aromatic rings. The Kier molecular flexibility index (Phi) is 3.15. The highest BCUT2D eigenvalue weighted by Gasteiger charge is 2.38. The van der Waals surface area contributed by atoms with Gasteiger partial charge in [-0.15, -0.1) is 0 Å². The molecule has 80 valence electrons. The third-order valence-electron chi connectivity index (χ3n) is 2.78. The lowest BCUT2D eigenvalue weighted by Gasteiger charge is -2.37. The van der Waals surface area contributed by atoms with E-state index in [1.807, 2.05) is 0 Å². The van der Waals surface area contributed by atoms with Crippen LogP contribution in [0, 0.1) is 0 Å². The maximum absolute atomic E-state index is 10.7. The molecular formula is C10H16O4. The van der Waals surface area contributed by atoms with E-state index in [0.29, 0.717) is 26.4 Å². The van der Waals surface area contributed by atoms with Crippen LogP contribution in [0.3, 0.4) is 0 Å². The van der Waals surface area contributed by atoms with Crippen LogP contribution in [0.15, 0.2) is 0 Å². The molecule has 0 radical (unpaired) electrons. The van der Waals surface area contributed by atoms with Crippen molar-refractivity contribution in [2.45, 2.75) is 31.0 Å². The van der Waals surface area contributed by atoms with Crippen molar-refractivity contribution in [3.63, 3.8) is 0 Å². The summed E-state index contributed by atoms with van der Waals surface area (Å²) in [6.07, 6.45) is 3.37. The van der Waals surface area contributed by atoms with Gasteiger partial charge in [0.15, 0.2) is 0 Å². The highest BCUT2D eigenvalue weighted by molar-refractivity contribution is 5.56. The fourth-order valence-electron chi connectivity index (χ4n) is 2.05. The monoisotopic (exact) mass is 200 g/mol. The summed E-state index contributed by atoms with van der Waals surface area (Å²) < 4.78 is 16.6. The van der Waals surface area contributed by atoms with E-state index in [4.69, 9.17) is 14.2 Å². The van der Waals surface area contributed by atoms with Crippen molar-refractivity contribution in [1.82, 2.24) is 0 Å². The van der Waals surface area contributed by atoms with Gasteiger partial charge in [0.25, 0.3) is 0 Å². The van der Waals surface area contributed by atoms with Gasteiger partial charge in [0.2, 0.25) is 0 Å². The molecule has 2 rings (SSSR count). The largest absolute Gasteiger partial charge is 0.376 e. The Morgan fingerprint density at radius 1 is 1.21 bits per heavy atom. The van der Waals surface area contributed by atoms with Gasteiger partial charge in [0.05, 0.1) is 26.4 Å². The van der Waals surface area contributed by atoms with Crippen LogP contribution in [0.5, 0.6) is 0 Å². The summed E-state index contributed by atoms with van der Waals surface area (Å²) in [4.78, 5) is 10.7. The van der Waals surface area contributed by atoms with E-state index in [2.05, 4.69) is 0 Å². The lowest BCUT2D eigenvalue weighted by Crippen LogP contribution is -2.47. The third kappa shape index (κ3) is 2.13. The lowest BCUT2D eigenvalue weighted by molar-refractivity contribution is -0.170. The average molecular weight is 200 g/mol. The molecule has 1 atom stereocenters. The molecular weight excluding hydrogens is 184 g/mol. The van der Waals surface area contributed by atoms with Gasteiger partial charge in [0.1, 0.15) is 18.0 Å². The number of carbonyl (C=O) groups excluding carboxylic acids is 1. The van der Waals surface area contributed by atoms with Gasteiger partial charge in [-0.2, -0.15) is 0 Å². The predicted octanol–water partition coefficient (Wildman–Crippen LogP) is 0.540. The van der Waals surface area contributed by atoms with Crippen LogP contribution in [0.4, 0.5) is 0 Å². The van der Waals surface area contributed by atoms with Gasteiger partial charge in [0, 0.05) is 0 Å². The quantitative estimate of drug-likeness (QED) is 0.579. The molecule has 0 saturated carbocycles. The van der Waals surface area contributed by atoms with E-state index in [1.54, 1.807) is 0 Å². The number of aldehydes is 1. The minimum Gasteiger partial charge on any atom is -0.376 e. The zero-order valence-corrected chi connectivity index (χ0v) is 8.24. The molecule has 2 fully saturated rings. The normalized spacial score (nSPS) is 32.4. The Morgan fingerprint density at radius 3 is 2.57 bits per heavy atom. The minimum absolute atomic E-state index is 0.269. The molecule has 0 N–H and O–H groups in total. The topological polar surface area (TPSA) is 44.8 Å². The molecule has 0 amide bonds. The molecule has 1 unspecified atom stereocenters. The third-order valence-corrected chi connectivity index (χ3v) is 2.78. The van der Waals surface area contributed by atoms with Crippen molar-refractivity contribution >= 4 is 6.29 Å². The summed E-state index contributed by atoms with van der Waals surface area (Å²) >= 11 is 0. The van der Waals surface area contributed by atoms with Crippen LogP contribution in [0.1, 0.15) is 19.3 Å². The van der Waals surface area contributed by atoms with Crippen LogP contribution in [0.25, 0.3) is 0 Å². The van der Waals surface area contributed by atoms with Crippen LogP contribution in [-0.2, 0) is 19.0 Å². The van der Waals surface area contributed by atoms with Gasteiger partial charge in [-0.05, 0) is 19.3 Å². The first-order chi connectivity index (χ1) is 6.85. The second kappa shape index (κ2) is 4.38. The number of hydrogen-bond donors (Lipinski definition) is 0. The maximum Gasteiger partial charge on any atom is 0.148 e. The molecule has 2 aliphatic heterocycles. The highest BCUT2D eigenvalue weighted by Crippen LogP contribution is 2.29. The molecule has 4 nitrogen and oxygen atoms in total. The van der Waals surface area contributed by atoms with E-state index >= 15 is 0 Å². The van der Waals surface area contributed by atoms with Crippen molar-refractivity contribution in [3.8, 4) is 0 Å². The van der Waals surface area contributed by atoms with Crippen molar-refractivity contribution in [2.75, 3.05) is 26.4 Å². The summed E-state index contributed by atoms with van der Waals surface area (Å²) in [5.74, 6) is 0. The molecule has 2 heterocycles. The standard InChI is InChI=1S/C10H16O4/c11-6-9-2-1-3-10(14-9)7-12-4-5-13-8-10/h6,9H,1-5,7-8H2. The van der Waals surface area contributed by atoms with E-state index in [-0.39, 0.29) is 11.7 Å². The van der Waals surface area contributed by atoms with E-state index in [0.717, 1.165) is 25.5 Å². The molecule has 14 heavy (non-hydrogen) atoms. The van der Waals surface area contributed by atoms with Gasteiger partial charge < -0.3 is 19.0 Å². The van der Waals surface area contributed by atoms with Gasteiger partial charge >= 0.3 is 0 Å². The Balaban J connectivity index is 2.00. The van der Waals surface area contributed by atoms with Gasteiger partial charge in [-0.25, -0.2) is 0 Å². The van der Waals surface area contributed by atoms with Gasteiger partial charge in [-0.3, -0.25) is 0 Å². The Morgan fingerprint density at radius 2 is 1.93 bits per heavy atom. The number of ether oxygens (including phenoxy) is 3. The summed E-state index contributed by atoms with van der Waals surface area (Å²) in [5, 5.41) is 0. The second-order valence-electron chi connectivity index (χ2n) is 3.97. The molecule has 0 aromatic carbocycles. The van der Waals surface area contributed by atoms with Crippen molar-refractivity contribution in [1.29, 1.82) is 0 Å². The van der Waals surface area contributed by atoms with Gasteiger partial charge in [-0.1, -0.05) is 0 Å². The van der Waals surface area contributed by atoms with Crippen molar-refractivity contribution in [3.05, 3.63) is 0 Å². The minimum atomic E-state index is -0.361. The van der Waals surface area contributed by atoms with Crippen LogP contribution in [-0.4, -0.2) is 44.4 Å². The van der Waals surface area contributed by atoms with Crippen LogP contribution >= 0.6 is 0 Å². The zero-order valence-electron chi connectivity index (χ0n) is 8.24. The maximum atomic E-state index is 10.7. The molecule has 1 spiro atoms. The zero-order chi connectivity index (χ0) is 9.86. The molecule has 0 aromatic heterocycles. The van der Waals surface area contributed by atoms with Crippen molar-refractivity contribution < 1.29 is 19.0 Å². The van der Waals surface area contributed by atoms with E-state index in [1.165, 1.54) is 0 Å². The van der Waals surface area contributed by atoms with Crippen LogP contribution < -0.4 is 0 Å². The number of rotatable bonds is 1. The number of carbonyl (C=O) groups is 1. The van der Waals surface area contributed by atoms with Crippen LogP contribution in [0.2, 0.25) is 0 Å². The number of hydrogen-bond acceptors (Lipinski definition) is 4. The summed E-state index contributed by atoms with van der Waals surface area (Å²) in [5.41, 5.74) is -0.361. The summed E-state index contributed by atoms with van der Waals surface area (Å²) in [6.45, 7) is 2.35. The summed E-state index contributed by atoms with van der Waals surface area (Å²) in [6, 6.07) is 0. The summed E-state index contributed by atoms with van der Waals surface area (Å²) in [7, 11) is 0. The Hall–Kier alpha value is -0.450. The fraction of sp³-hybridized carbons (Fsp3) is 0.900.